The van der Waals surface area contributed by atoms with E-state index in [1.807, 2.05) is 0 Å². The SMILES string of the molecule is Cc1ccc(CN2CCC3(CC2)C[C@H]3C(=O)Nc2cccc(F)c2)cc1. The first-order valence-corrected chi connectivity index (χ1v) is 9.38. The molecule has 3 nitrogen and oxygen atoms in total. The lowest BCUT2D eigenvalue weighted by Crippen LogP contribution is -2.35. The summed E-state index contributed by atoms with van der Waals surface area (Å²) in [5.74, 6) is -0.201. The van der Waals surface area contributed by atoms with Crippen molar-refractivity contribution in [1.29, 1.82) is 0 Å². The Morgan fingerprint density at radius 2 is 1.92 bits per heavy atom. The predicted molar refractivity (Wildman–Crippen MR) is 101 cm³/mol. The quantitative estimate of drug-likeness (QED) is 0.886. The average molecular weight is 352 g/mol. The summed E-state index contributed by atoms with van der Waals surface area (Å²) in [5.41, 5.74) is 3.36. The van der Waals surface area contributed by atoms with Gasteiger partial charge in [-0.3, -0.25) is 9.69 Å². The summed E-state index contributed by atoms with van der Waals surface area (Å²) in [6.45, 7) is 5.17. The van der Waals surface area contributed by atoms with Gasteiger partial charge < -0.3 is 5.32 Å². The lowest BCUT2D eigenvalue weighted by atomic mass is 9.90. The predicted octanol–water partition coefficient (Wildman–Crippen LogP) is 4.37. The number of piperidine rings is 1. The third-order valence-corrected chi connectivity index (χ3v) is 5.98. The number of hydrogen-bond acceptors (Lipinski definition) is 2. The molecule has 0 aromatic heterocycles. The van der Waals surface area contributed by atoms with E-state index in [1.54, 1.807) is 12.1 Å². The number of nitrogens with one attached hydrogen (secondary N) is 1. The van der Waals surface area contributed by atoms with Crippen molar-refractivity contribution in [2.75, 3.05) is 18.4 Å². The van der Waals surface area contributed by atoms with Gasteiger partial charge in [0, 0.05) is 18.2 Å². The van der Waals surface area contributed by atoms with Gasteiger partial charge in [0.25, 0.3) is 0 Å². The second kappa shape index (κ2) is 6.84. The van der Waals surface area contributed by atoms with Gasteiger partial charge in [-0.25, -0.2) is 4.39 Å². The van der Waals surface area contributed by atoms with E-state index in [1.165, 1.54) is 23.3 Å². The molecule has 26 heavy (non-hydrogen) atoms. The molecule has 1 heterocycles. The Kier molecular flexibility index (Phi) is 4.53. The number of carbonyl (C=O) groups excluding carboxylic acids is 1. The number of anilines is 1. The molecule has 4 rings (SSSR count). The number of hydrogen-bond donors (Lipinski definition) is 1. The van der Waals surface area contributed by atoms with Gasteiger partial charge in [-0.2, -0.15) is 0 Å². The molecule has 1 amide bonds. The molecule has 4 heteroatoms. The van der Waals surface area contributed by atoms with Crippen LogP contribution in [0.1, 0.15) is 30.4 Å². The number of rotatable bonds is 4. The Hall–Kier alpha value is -2.20. The van der Waals surface area contributed by atoms with Gasteiger partial charge in [0.05, 0.1) is 0 Å². The molecule has 1 atom stereocenters. The first-order chi connectivity index (χ1) is 12.5. The summed E-state index contributed by atoms with van der Waals surface area (Å²) in [4.78, 5) is 15.0. The van der Waals surface area contributed by atoms with Crippen LogP contribution in [0.2, 0.25) is 0 Å². The van der Waals surface area contributed by atoms with Crippen LogP contribution in [0.15, 0.2) is 48.5 Å². The Balaban J connectivity index is 1.29. The maximum atomic E-state index is 13.3. The van der Waals surface area contributed by atoms with E-state index in [-0.39, 0.29) is 23.1 Å². The Labute approximate surface area is 154 Å². The summed E-state index contributed by atoms with van der Waals surface area (Å²) >= 11 is 0. The monoisotopic (exact) mass is 352 g/mol. The first-order valence-electron chi connectivity index (χ1n) is 9.38. The van der Waals surface area contributed by atoms with Crippen LogP contribution in [0, 0.1) is 24.1 Å². The minimum Gasteiger partial charge on any atom is -0.326 e. The van der Waals surface area contributed by atoms with Crippen molar-refractivity contribution in [3.8, 4) is 0 Å². The van der Waals surface area contributed by atoms with Gasteiger partial charge in [0.15, 0.2) is 0 Å². The number of nitrogens with zero attached hydrogens (tertiary/aromatic N) is 1. The third-order valence-electron chi connectivity index (χ3n) is 5.98. The summed E-state index contributed by atoms with van der Waals surface area (Å²) < 4.78 is 13.3. The first kappa shape index (κ1) is 17.2. The fourth-order valence-corrected chi connectivity index (χ4v) is 4.17. The van der Waals surface area contributed by atoms with Crippen LogP contribution in [0.4, 0.5) is 10.1 Å². The lowest BCUT2D eigenvalue weighted by molar-refractivity contribution is -0.118. The van der Waals surface area contributed by atoms with Gasteiger partial charge in [-0.05, 0) is 68.5 Å². The molecule has 136 valence electrons. The molecule has 2 fully saturated rings. The second-order valence-electron chi connectivity index (χ2n) is 7.88. The van der Waals surface area contributed by atoms with Crippen molar-refractivity contribution < 1.29 is 9.18 Å². The Morgan fingerprint density at radius 1 is 1.19 bits per heavy atom. The number of likely N-dealkylation sites (tertiary alicyclic amines) is 1. The zero-order valence-corrected chi connectivity index (χ0v) is 15.2. The van der Waals surface area contributed by atoms with Crippen LogP contribution in [0.25, 0.3) is 0 Å². The van der Waals surface area contributed by atoms with Crippen LogP contribution >= 0.6 is 0 Å². The van der Waals surface area contributed by atoms with E-state index < -0.39 is 0 Å². The maximum absolute atomic E-state index is 13.3. The molecule has 1 saturated carbocycles. The van der Waals surface area contributed by atoms with Crippen LogP contribution in [-0.2, 0) is 11.3 Å². The van der Waals surface area contributed by atoms with Crippen LogP contribution in [0.5, 0.6) is 0 Å². The van der Waals surface area contributed by atoms with Crippen LogP contribution < -0.4 is 5.32 Å². The lowest BCUT2D eigenvalue weighted by Gasteiger charge is -2.32. The van der Waals surface area contributed by atoms with Crippen molar-refractivity contribution in [3.05, 3.63) is 65.5 Å². The van der Waals surface area contributed by atoms with E-state index in [9.17, 15) is 9.18 Å². The number of carbonyl (C=O) groups is 1. The molecular formula is C22H25FN2O. The minimum atomic E-state index is -0.322. The smallest absolute Gasteiger partial charge is 0.228 e. The standard InChI is InChI=1S/C22H25FN2O/c1-16-5-7-17(8-6-16)15-25-11-9-22(10-12-25)14-20(22)21(26)24-19-4-2-3-18(23)13-19/h2-8,13,20H,9-12,14-15H2,1H3,(H,24,26)/t20-/m0/s1. The Bertz CT molecular complexity index is 794. The zero-order chi connectivity index (χ0) is 18.1. The molecule has 1 aliphatic carbocycles. The summed E-state index contributed by atoms with van der Waals surface area (Å²) in [7, 11) is 0. The normalized spacial score (nSPS) is 21.5. The molecule has 1 saturated heterocycles. The minimum absolute atomic E-state index is 0.0441. The summed E-state index contributed by atoms with van der Waals surface area (Å²) in [6, 6.07) is 14.8. The van der Waals surface area contributed by atoms with Crippen molar-refractivity contribution in [3.63, 3.8) is 0 Å². The molecule has 1 N–H and O–H groups in total. The van der Waals surface area contributed by atoms with Crippen molar-refractivity contribution in [2.24, 2.45) is 11.3 Å². The fourth-order valence-electron chi connectivity index (χ4n) is 4.17. The van der Waals surface area contributed by atoms with Crippen LogP contribution in [-0.4, -0.2) is 23.9 Å². The molecule has 1 spiro atoms. The zero-order valence-electron chi connectivity index (χ0n) is 15.2. The molecule has 2 aromatic rings. The van der Waals surface area contributed by atoms with Crippen molar-refractivity contribution >= 4 is 11.6 Å². The van der Waals surface area contributed by atoms with Crippen molar-refractivity contribution in [2.45, 2.75) is 32.7 Å². The Morgan fingerprint density at radius 3 is 2.62 bits per heavy atom. The number of aryl methyl sites for hydroxylation is 1. The average Bonchev–Trinajstić information content (AvgIpc) is 3.33. The number of amides is 1. The van der Waals surface area contributed by atoms with E-state index in [2.05, 4.69) is 41.4 Å². The molecule has 0 unspecified atom stereocenters. The topological polar surface area (TPSA) is 32.3 Å². The largest absolute Gasteiger partial charge is 0.326 e. The van der Waals surface area contributed by atoms with Gasteiger partial charge in [-0.1, -0.05) is 35.9 Å². The maximum Gasteiger partial charge on any atom is 0.228 e. The molecule has 2 aliphatic rings. The van der Waals surface area contributed by atoms with Gasteiger partial charge >= 0.3 is 0 Å². The van der Waals surface area contributed by atoms with Gasteiger partial charge in [0.1, 0.15) is 5.82 Å². The fraction of sp³-hybridized carbons (Fsp3) is 0.409. The van der Waals surface area contributed by atoms with Crippen molar-refractivity contribution in [1.82, 2.24) is 4.90 Å². The number of halogens is 1. The third kappa shape index (κ3) is 3.65. The molecule has 0 bridgehead atoms. The van der Waals surface area contributed by atoms with E-state index in [0.29, 0.717) is 5.69 Å². The highest BCUT2D eigenvalue weighted by molar-refractivity contribution is 5.95. The van der Waals surface area contributed by atoms with Crippen LogP contribution in [0.3, 0.4) is 0 Å². The van der Waals surface area contributed by atoms with Gasteiger partial charge in [-0.15, -0.1) is 0 Å². The molecule has 1 aliphatic heterocycles. The highest BCUT2D eigenvalue weighted by Gasteiger charge is 2.58. The second-order valence-corrected chi connectivity index (χ2v) is 7.88. The van der Waals surface area contributed by atoms with E-state index in [0.717, 1.165) is 38.9 Å². The van der Waals surface area contributed by atoms with Gasteiger partial charge in [0.2, 0.25) is 5.91 Å². The summed E-state index contributed by atoms with van der Waals surface area (Å²) in [5, 5.41) is 2.88. The highest BCUT2D eigenvalue weighted by Crippen LogP contribution is 2.59. The molecule has 0 radical (unpaired) electrons. The molecule has 2 aromatic carbocycles. The highest BCUT2D eigenvalue weighted by atomic mass is 19.1. The molecular weight excluding hydrogens is 327 g/mol. The summed E-state index contributed by atoms with van der Waals surface area (Å²) in [6.07, 6.45) is 3.10. The van der Waals surface area contributed by atoms with E-state index in [4.69, 9.17) is 0 Å². The number of benzene rings is 2. The van der Waals surface area contributed by atoms with E-state index >= 15 is 0 Å².